The summed E-state index contributed by atoms with van der Waals surface area (Å²) in [5.41, 5.74) is -2.28. The highest BCUT2D eigenvalue weighted by atomic mass is 35.6. The number of hydrogen-bond donors (Lipinski definition) is 1. The molecule has 0 aliphatic heterocycles. The first-order chi connectivity index (χ1) is 11.1. The van der Waals surface area contributed by atoms with Crippen LogP contribution in [-0.4, -0.2) is 27.8 Å². The van der Waals surface area contributed by atoms with E-state index in [1.807, 2.05) is 0 Å². The minimum atomic E-state index is -2.11. The summed E-state index contributed by atoms with van der Waals surface area (Å²) in [4.78, 5) is 40.2. The smallest absolute Gasteiger partial charge is 0.406 e. The highest BCUT2D eigenvalue weighted by Crippen LogP contribution is 2.30. The van der Waals surface area contributed by atoms with Gasteiger partial charge in [-0.25, -0.2) is 4.79 Å². The molecular weight excluding hydrogens is 387 g/mol. The van der Waals surface area contributed by atoms with Crippen molar-refractivity contribution in [2.24, 2.45) is 0 Å². The van der Waals surface area contributed by atoms with Crippen molar-refractivity contribution < 1.29 is 18.8 Å². The van der Waals surface area contributed by atoms with Gasteiger partial charge in [0.15, 0.2) is 5.58 Å². The highest BCUT2D eigenvalue weighted by Gasteiger charge is 2.37. The monoisotopic (exact) mass is 396 g/mol. The van der Waals surface area contributed by atoms with Gasteiger partial charge >= 0.3 is 11.2 Å². The number of nitrogens with zero attached hydrogens (tertiary/aromatic N) is 1. The van der Waals surface area contributed by atoms with Gasteiger partial charge in [0.1, 0.15) is 11.3 Å². The topological polar surface area (TPSA) is 99.8 Å². The van der Waals surface area contributed by atoms with Crippen LogP contribution >= 0.6 is 34.8 Å². The zero-order valence-electron chi connectivity index (χ0n) is 12.3. The summed E-state index contributed by atoms with van der Waals surface area (Å²) in [6.07, 6.45) is -1.54. The number of hydrogen-bond acceptors (Lipinski definition) is 6. The van der Waals surface area contributed by atoms with E-state index in [0.29, 0.717) is 10.5 Å². The van der Waals surface area contributed by atoms with E-state index in [9.17, 15) is 14.4 Å². The lowest BCUT2D eigenvalue weighted by atomic mass is 10.3. The van der Waals surface area contributed by atoms with Crippen molar-refractivity contribution >= 4 is 51.8 Å². The van der Waals surface area contributed by atoms with Gasteiger partial charge in [-0.3, -0.25) is 9.59 Å². The molecule has 1 amide bonds. The van der Waals surface area contributed by atoms with E-state index < -0.39 is 27.1 Å². The molecular formula is C13H11Cl3N2O6. The van der Waals surface area contributed by atoms with Crippen LogP contribution in [0.1, 0.15) is 6.92 Å². The van der Waals surface area contributed by atoms with E-state index in [0.717, 1.165) is 6.92 Å². The molecule has 0 radical (unpaired) electrons. The van der Waals surface area contributed by atoms with Gasteiger partial charge < -0.3 is 19.3 Å². The molecule has 24 heavy (non-hydrogen) atoms. The Morgan fingerprint density at radius 2 is 2.00 bits per heavy atom. The van der Waals surface area contributed by atoms with Crippen LogP contribution < -0.4 is 26.1 Å². The Bertz CT molecular complexity index is 886. The van der Waals surface area contributed by atoms with Gasteiger partial charge in [-0.1, -0.05) is 34.8 Å². The SMILES string of the molecule is COc1ccc2c(c1)oc(=O)c(=O)n2O[C@@H](NC(C)=O)C(Cl)(Cl)Cl. The second-order valence-corrected chi connectivity index (χ2v) is 6.92. The van der Waals surface area contributed by atoms with Crippen LogP contribution in [0.5, 0.6) is 5.75 Å². The molecule has 0 saturated carbocycles. The Kier molecular flexibility index (Phi) is 5.32. The predicted octanol–water partition coefficient (Wildman–Crippen LogP) is 1.22. The van der Waals surface area contributed by atoms with E-state index in [-0.39, 0.29) is 11.1 Å². The lowest BCUT2D eigenvalue weighted by Crippen LogP contribution is -2.53. The summed E-state index contributed by atoms with van der Waals surface area (Å²) in [5.74, 6) is -0.191. The number of methoxy groups -OCH3 is 1. The van der Waals surface area contributed by atoms with Crippen molar-refractivity contribution in [3.63, 3.8) is 0 Å². The Morgan fingerprint density at radius 1 is 1.33 bits per heavy atom. The summed E-state index contributed by atoms with van der Waals surface area (Å²) in [7, 11) is 1.42. The fraction of sp³-hybridized carbons (Fsp3) is 0.308. The third-order valence-corrected chi connectivity index (χ3v) is 3.38. The van der Waals surface area contributed by atoms with Crippen LogP contribution in [0.3, 0.4) is 0 Å². The zero-order valence-corrected chi connectivity index (χ0v) is 14.6. The molecule has 0 bridgehead atoms. The number of benzene rings is 1. The second kappa shape index (κ2) is 6.92. The molecule has 1 aromatic heterocycles. The normalized spacial score (nSPS) is 12.7. The van der Waals surface area contributed by atoms with Gasteiger partial charge in [-0.15, -0.1) is 4.73 Å². The molecule has 1 atom stereocenters. The Hall–Kier alpha value is -1.90. The number of halogens is 3. The number of nitrogens with one attached hydrogen (secondary N) is 1. The molecule has 1 heterocycles. The van der Waals surface area contributed by atoms with Crippen molar-refractivity contribution in [3.8, 4) is 5.75 Å². The van der Waals surface area contributed by atoms with E-state index in [1.165, 1.54) is 25.3 Å². The number of ether oxygens (including phenoxy) is 1. The van der Waals surface area contributed by atoms with E-state index in [2.05, 4.69) is 5.32 Å². The number of amides is 1. The number of alkyl halides is 3. The number of aromatic nitrogens is 1. The maximum Gasteiger partial charge on any atom is 0.406 e. The average molecular weight is 398 g/mol. The zero-order chi connectivity index (χ0) is 18.1. The molecule has 0 aliphatic carbocycles. The number of fused-ring (bicyclic) bond motifs is 1. The molecule has 2 aromatic rings. The first-order valence-corrected chi connectivity index (χ1v) is 7.51. The minimum absolute atomic E-state index is 0.00448. The molecule has 0 saturated heterocycles. The summed E-state index contributed by atoms with van der Waals surface area (Å²) in [5, 5.41) is 2.23. The third kappa shape index (κ3) is 3.95. The number of rotatable bonds is 4. The van der Waals surface area contributed by atoms with Crippen molar-refractivity contribution in [2.45, 2.75) is 16.9 Å². The predicted molar refractivity (Wildman–Crippen MR) is 87.8 cm³/mol. The van der Waals surface area contributed by atoms with Crippen LogP contribution in [-0.2, 0) is 4.79 Å². The molecule has 0 spiro atoms. The molecule has 2 rings (SSSR count). The van der Waals surface area contributed by atoms with Gasteiger partial charge in [0.25, 0.3) is 0 Å². The maximum atomic E-state index is 12.0. The molecule has 0 aliphatic rings. The fourth-order valence-electron chi connectivity index (χ4n) is 1.77. The lowest BCUT2D eigenvalue weighted by molar-refractivity contribution is -0.123. The minimum Gasteiger partial charge on any atom is -0.497 e. The highest BCUT2D eigenvalue weighted by molar-refractivity contribution is 6.68. The van der Waals surface area contributed by atoms with E-state index in [4.69, 9.17) is 48.8 Å². The molecule has 8 nitrogen and oxygen atoms in total. The fourth-order valence-corrected chi connectivity index (χ4v) is 2.05. The molecule has 1 N–H and O–H groups in total. The van der Waals surface area contributed by atoms with Crippen LogP contribution in [0.4, 0.5) is 0 Å². The molecule has 1 aromatic carbocycles. The molecule has 0 unspecified atom stereocenters. The maximum absolute atomic E-state index is 12.0. The van der Waals surface area contributed by atoms with Gasteiger partial charge in [0, 0.05) is 13.0 Å². The van der Waals surface area contributed by atoms with Gasteiger partial charge in [-0.2, -0.15) is 0 Å². The Balaban J connectivity index is 2.61. The second-order valence-electron chi connectivity index (χ2n) is 4.55. The quantitative estimate of drug-likeness (QED) is 0.473. The van der Waals surface area contributed by atoms with Crippen LogP contribution in [0.25, 0.3) is 11.1 Å². The Labute approximate surface area is 149 Å². The Morgan fingerprint density at radius 3 is 2.54 bits per heavy atom. The van der Waals surface area contributed by atoms with Crippen LogP contribution in [0, 0.1) is 0 Å². The summed E-state index contributed by atoms with van der Waals surface area (Å²) in [6, 6.07) is 4.28. The molecule has 0 fully saturated rings. The molecule has 11 heteroatoms. The summed E-state index contributed by atoms with van der Waals surface area (Å²) in [6.45, 7) is 1.16. The van der Waals surface area contributed by atoms with Crippen molar-refractivity contribution in [1.82, 2.24) is 10.0 Å². The lowest BCUT2D eigenvalue weighted by Gasteiger charge is -2.25. The van der Waals surface area contributed by atoms with Crippen molar-refractivity contribution in [2.75, 3.05) is 7.11 Å². The third-order valence-electron chi connectivity index (χ3n) is 2.79. The summed E-state index contributed by atoms with van der Waals surface area (Å²) >= 11 is 17.2. The number of carbonyl (C=O) groups excluding carboxylic acids is 1. The van der Waals surface area contributed by atoms with Crippen molar-refractivity contribution in [3.05, 3.63) is 39.0 Å². The summed E-state index contributed by atoms with van der Waals surface area (Å²) < 4.78 is 8.37. The first kappa shape index (κ1) is 18.4. The standard InChI is InChI=1S/C13H11Cl3N2O6/c1-6(19)17-12(13(14,15)16)24-18-8-4-3-7(22-2)5-9(8)23-11(21)10(18)20/h3-5,12H,1-2H3,(H,17,19)/t12-/m1/s1. The molecule has 130 valence electrons. The number of carbonyl (C=O) groups is 1. The van der Waals surface area contributed by atoms with E-state index in [1.54, 1.807) is 0 Å². The van der Waals surface area contributed by atoms with Crippen LogP contribution in [0.15, 0.2) is 32.2 Å². The van der Waals surface area contributed by atoms with Crippen LogP contribution in [0.2, 0.25) is 0 Å². The van der Waals surface area contributed by atoms with Crippen molar-refractivity contribution in [1.29, 1.82) is 0 Å². The van der Waals surface area contributed by atoms with Gasteiger partial charge in [0.05, 0.1) is 7.11 Å². The largest absolute Gasteiger partial charge is 0.497 e. The van der Waals surface area contributed by atoms with Gasteiger partial charge in [-0.05, 0) is 12.1 Å². The first-order valence-electron chi connectivity index (χ1n) is 6.38. The van der Waals surface area contributed by atoms with Gasteiger partial charge in [0.2, 0.25) is 15.9 Å². The van der Waals surface area contributed by atoms with E-state index >= 15 is 0 Å². The average Bonchev–Trinajstić information content (AvgIpc) is 2.48.